The summed E-state index contributed by atoms with van der Waals surface area (Å²) in [6.07, 6.45) is 0.652. The zero-order valence-corrected chi connectivity index (χ0v) is 10.0. The smallest absolute Gasteiger partial charge is 0.283 e. The number of hydrogen-bond donors (Lipinski definition) is 2. The number of rotatable bonds is 2. The maximum Gasteiger partial charge on any atom is 0.283 e. The molecule has 1 heterocycles. The fourth-order valence-electron chi connectivity index (χ4n) is 1.23. The summed E-state index contributed by atoms with van der Waals surface area (Å²) in [5.74, 6) is 1.35. The topological polar surface area (TPSA) is 84.6 Å². The lowest BCUT2D eigenvalue weighted by Gasteiger charge is -2.01. The van der Waals surface area contributed by atoms with Crippen LogP contribution in [0.2, 0.25) is 0 Å². The highest BCUT2D eigenvalue weighted by molar-refractivity contribution is 7.98. The standard InChI is InChI=1S/C9H11N3O2S2/c10-7-1-3-8(4-2-7)16(13,14)12-9-5-6-15-11-9/h1-4H,5-6,10H2,(H,11,12). The molecule has 1 aliphatic rings. The second-order valence-corrected chi connectivity index (χ2v) is 5.79. The highest BCUT2D eigenvalue weighted by Crippen LogP contribution is 2.16. The molecule has 1 aliphatic heterocycles. The van der Waals surface area contributed by atoms with Crippen molar-refractivity contribution in [1.29, 1.82) is 0 Å². The molecular weight excluding hydrogens is 246 g/mol. The monoisotopic (exact) mass is 257 g/mol. The quantitative estimate of drug-likeness (QED) is 0.610. The van der Waals surface area contributed by atoms with E-state index in [9.17, 15) is 8.42 Å². The number of nitrogens with zero attached hydrogens (tertiary/aromatic N) is 1. The van der Waals surface area contributed by atoms with Gasteiger partial charge in [0.15, 0.2) is 0 Å². The molecule has 0 atom stereocenters. The van der Waals surface area contributed by atoms with E-state index in [1.165, 1.54) is 24.1 Å². The van der Waals surface area contributed by atoms with Crippen molar-refractivity contribution in [3.63, 3.8) is 0 Å². The second-order valence-electron chi connectivity index (χ2n) is 3.28. The first-order valence-electron chi connectivity index (χ1n) is 4.65. The van der Waals surface area contributed by atoms with Gasteiger partial charge in [0, 0.05) is 17.9 Å². The fourth-order valence-corrected chi connectivity index (χ4v) is 3.02. The Balaban J connectivity index is 2.31. The van der Waals surface area contributed by atoms with Gasteiger partial charge in [0.25, 0.3) is 10.0 Å². The van der Waals surface area contributed by atoms with E-state index in [-0.39, 0.29) is 4.90 Å². The zero-order chi connectivity index (χ0) is 11.6. The molecule has 86 valence electrons. The van der Waals surface area contributed by atoms with Crippen LogP contribution in [0.4, 0.5) is 5.69 Å². The molecule has 2 rings (SSSR count). The van der Waals surface area contributed by atoms with E-state index in [1.54, 1.807) is 12.1 Å². The first-order chi connectivity index (χ1) is 7.58. The van der Waals surface area contributed by atoms with Crippen LogP contribution in [-0.2, 0) is 10.0 Å². The van der Waals surface area contributed by atoms with Gasteiger partial charge in [0.2, 0.25) is 0 Å². The van der Waals surface area contributed by atoms with Gasteiger partial charge in [-0.25, -0.2) is 0 Å². The maximum atomic E-state index is 11.8. The molecule has 0 radical (unpaired) electrons. The molecule has 0 amide bonds. The first-order valence-corrected chi connectivity index (χ1v) is 7.08. The Morgan fingerprint density at radius 2 is 2.00 bits per heavy atom. The van der Waals surface area contributed by atoms with Crippen molar-refractivity contribution in [1.82, 2.24) is 4.72 Å². The predicted octanol–water partition coefficient (Wildman–Crippen LogP) is 0.998. The third-order valence-corrected chi connectivity index (χ3v) is 4.16. The van der Waals surface area contributed by atoms with Crippen LogP contribution in [0.25, 0.3) is 0 Å². The summed E-state index contributed by atoms with van der Waals surface area (Å²) in [4.78, 5) is 0.160. The Morgan fingerprint density at radius 3 is 2.56 bits per heavy atom. The van der Waals surface area contributed by atoms with Gasteiger partial charge < -0.3 is 10.5 Å². The molecule has 3 N–H and O–H groups in total. The Bertz CT molecular complexity index is 500. The molecule has 1 fully saturated rings. The normalized spacial score (nSPS) is 18.6. The van der Waals surface area contributed by atoms with Crippen LogP contribution in [-0.4, -0.2) is 20.0 Å². The minimum atomic E-state index is -3.60. The Morgan fingerprint density at radius 1 is 1.31 bits per heavy atom. The molecule has 0 unspecified atom stereocenters. The lowest BCUT2D eigenvalue weighted by atomic mass is 10.3. The van der Waals surface area contributed by atoms with Crippen LogP contribution < -0.4 is 10.5 Å². The van der Waals surface area contributed by atoms with E-state index in [2.05, 4.69) is 9.12 Å². The Hall–Kier alpha value is -1.21. The van der Waals surface area contributed by atoms with Gasteiger partial charge in [-0.15, -0.1) is 4.40 Å². The molecule has 1 aromatic carbocycles. The highest BCUT2D eigenvalue weighted by atomic mass is 32.2. The Labute approximate surface area is 98.3 Å². The van der Waals surface area contributed by atoms with Gasteiger partial charge in [-0.05, 0) is 24.3 Å². The average molecular weight is 257 g/mol. The van der Waals surface area contributed by atoms with Gasteiger partial charge in [-0.1, -0.05) is 11.9 Å². The van der Waals surface area contributed by atoms with Crippen molar-refractivity contribution >= 4 is 33.5 Å². The summed E-state index contributed by atoms with van der Waals surface area (Å²) in [5.41, 5.74) is 6.02. The minimum Gasteiger partial charge on any atom is -0.399 e. The molecule has 16 heavy (non-hydrogen) atoms. The van der Waals surface area contributed by atoms with E-state index in [0.717, 1.165) is 5.75 Å². The lowest BCUT2D eigenvalue weighted by Crippen LogP contribution is -2.11. The molecule has 0 aliphatic carbocycles. The van der Waals surface area contributed by atoms with E-state index >= 15 is 0 Å². The van der Waals surface area contributed by atoms with Crippen molar-refractivity contribution in [2.75, 3.05) is 11.5 Å². The van der Waals surface area contributed by atoms with Crippen molar-refractivity contribution in [2.45, 2.75) is 11.3 Å². The highest BCUT2D eigenvalue weighted by Gasteiger charge is 2.16. The predicted molar refractivity (Wildman–Crippen MR) is 65.7 cm³/mol. The number of sulfonamides is 1. The van der Waals surface area contributed by atoms with Gasteiger partial charge in [0.1, 0.15) is 5.84 Å². The van der Waals surface area contributed by atoms with Crippen LogP contribution in [0.1, 0.15) is 6.42 Å². The van der Waals surface area contributed by atoms with Gasteiger partial charge >= 0.3 is 0 Å². The molecule has 5 nitrogen and oxygen atoms in total. The Kier molecular flexibility index (Phi) is 3.06. The number of nitrogens with one attached hydrogen (secondary N) is 1. The summed E-state index contributed by atoms with van der Waals surface area (Å²) in [6, 6.07) is 6.00. The van der Waals surface area contributed by atoms with Crippen LogP contribution in [0.3, 0.4) is 0 Å². The van der Waals surface area contributed by atoms with Gasteiger partial charge in [-0.2, -0.15) is 8.42 Å². The van der Waals surface area contributed by atoms with Crippen molar-refractivity contribution in [3.05, 3.63) is 24.3 Å². The molecule has 0 saturated carbocycles. The summed E-state index contributed by atoms with van der Waals surface area (Å²) >= 11 is 1.46. The van der Waals surface area contributed by atoms with E-state index in [0.29, 0.717) is 17.9 Å². The summed E-state index contributed by atoms with van der Waals surface area (Å²) in [5, 5.41) is 0. The second kappa shape index (κ2) is 4.34. The third-order valence-electron chi connectivity index (χ3n) is 2.04. The molecule has 0 aromatic heterocycles. The van der Waals surface area contributed by atoms with Crippen molar-refractivity contribution < 1.29 is 8.42 Å². The number of anilines is 1. The van der Waals surface area contributed by atoms with Gasteiger partial charge in [0.05, 0.1) is 4.90 Å². The molecule has 0 spiro atoms. The number of nitrogens with two attached hydrogens (primary N) is 1. The summed E-state index contributed by atoms with van der Waals surface area (Å²) < 4.78 is 30.2. The molecule has 1 saturated heterocycles. The molecule has 1 aromatic rings. The molecular formula is C9H11N3O2S2. The summed E-state index contributed by atoms with van der Waals surface area (Å²) in [7, 11) is -3.60. The van der Waals surface area contributed by atoms with Gasteiger partial charge in [-0.3, -0.25) is 0 Å². The SMILES string of the molecule is Nc1ccc(S(=O)(=O)/N=C2/CCSN2)cc1. The molecule has 7 heteroatoms. The van der Waals surface area contributed by atoms with Crippen LogP contribution in [0.15, 0.2) is 33.6 Å². The zero-order valence-electron chi connectivity index (χ0n) is 8.38. The van der Waals surface area contributed by atoms with E-state index in [1.807, 2.05) is 0 Å². The summed E-state index contributed by atoms with van der Waals surface area (Å²) in [6.45, 7) is 0. The van der Waals surface area contributed by atoms with Crippen molar-refractivity contribution in [3.8, 4) is 0 Å². The lowest BCUT2D eigenvalue weighted by molar-refractivity contribution is 0.598. The largest absolute Gasteiger partial charge is 0.399 e. The van der Waals surface area contributed by atoms with Crippen LogP contribution >= 0.6 is 11.9 Å². The average Bonchev–Trinajstić information content (AvgIpc) is 2.70. The fraction of sp³-hybridized carbons (Fsp3) is 0.222. The number of amidine groups is 1. The van der Waals surface area contributed by atoms with E-state index < -0.39 is 10.0 Å². The molecule has 0 bridgehead atoms. The van der Waals surface area contributed by atoms with Crippen LogP contribution in [0.5, 0.6) is 0 Å². The number of nitrogen functional groups attached to an aromatic ring is 1. The maximum absolute atomic E-state index is 11.8. The number of benzene rings is 1. The van der Waals surface area contributed by atoms with Crippen LogP contribution in [0, 0.1) is 0 Å². The first kappa shape index (κ1) is 11.3. The minimum absolute atomic E-state index is 0.160. The number of hydrogen-bond acceptors (Lipinski definition) is 4. The third kappa shape index (κ3) is 2.48. The van der Waals surface area contributed by atoms with Crippen molar-refractivity contribution in [2.24, 2.45) is 4.40 Å². The van der Waals surface area contributed by atoms with E-state index in [4.69, 9.17) is 5.73 Å².